The van der Waals surface area contributed by atoms with Crippen molar-refractivity contribution in [1.29, 1.82) is 0 Å². The molecule has 34 heavy (non-hydrogen) atoms. The Morgan fingerprint density at radius 3 is 2.62 bits per heavy atom. The Morgan fingerprint density at radius 2 is 2.00 bits per heavy atom. The molecule has 12 heteroatoms. The summed E-state index contributed by atoms with van der Waals surface area (Å²) in [5.41, 5.74) is 6.76. The fraction of sp³-hybridized carbons (Fsp3) is 0.273. The van der Waals surface area contributed by atoms with Gasteiger partial charge in [0.15, 0.2) is 17.3 Å². The number of amides is 2. The maximum atomic E-state index is 12.8. The zero-order valence-corrected chi connectivity index (χ0v) is 18.4. The number of nitrogens with one attached hydrogen (secondary N) is 1. The number of carbonyl (C=O) groups is 2. The van der Waals surface area contributed by atoms with E-state index >= 15 is 0 Å². The number of nitrogens with two attached hydrogens (primary N) is 1. The third-order valence-corrected chi connectivity index (χ3v) is 6.19. The molecule has 0 spiro atoms. The van der Waals surface area contributed by atoms with Gasteiger partial charge in [-0.05, 0) is 43.9 Å². The largest absolute Gasteiger partial charge is 0.501 e. The monoisotopic (exact) mass is 463 g/mol. The number of aromatic nitrogens is 5. The van der Waals surface area contributed by atoms with Crippen molar-refractivity contribution in [2.75, 3.05) is 5.32 Å². The lowest BCUT2D eigenvalue weighted by Crippen LogP contribution is -2.27. The molecule has 0 radical (unpaired) electrons. The summed E-state index contributed by atoms with van der Waals surface area (Å²) in [5.74, 6) is -1.72. The summed E-state index contributed by atoms with van der Waals surface area (Å²) < 4.78 is 7.80. The summed E-state index contributed by atoms with van der Waals surface area (Å²) in [4.78, 5) is 46.6. The van der Waals surface area contributed by atoms with Gasteiger partial charge in [-0.15, -0.1) is 0 Å². The highest BCUT2D eigenvalue weighted by atomic mass is 16.5. The number of benzene rings is 1. The number of aryl methyl sites for hydroxylation is 1. The average molecular weight is 463 g/mol. The van der Waals surface area contributed by atoms with E-state index in [1.165, 1.54) is 19.5 Å². The molecule has 1 aliphatic carbocycles. The molecule has 0 unspecified atom stereocenters. The predicted octanol–water partition coefficient (Wildman–Crippen LogP) is 1.88. The van der Waals surface area contributed by atoms with Crippen molar-refractivity contribution < 1.29 is 19.2 Å². The first kappa shape index (κ1) is 21.4. The van der Waals surface area contributed by atoms with Crippen molar-refractivity contribution in [3.63, 3.8) is 0 Å². The molecule has 3 heterocycles. The van der Waals surface area contributed by atoms with Crippen LogP contribution in [0.2, 0.25) is 0 Å². The standard InChI is InChI=1S/C22H21N7O5/c1-10-13(18(23)31)6-7-14-15(10)26-20(29(14)12-4-3-5-12)19-27-16(17(30)22(33)28(19)2)21(32)25-11-8-24-34-9-11/h6-9,12,30H,3-5H2,1-2H3,(H2,23,31)(H,25,32). The van der Waals surface area contributed by atoms with E-state index in [0.717, 1.165) is 29.3 Å². The molecule has 1 fully saturated rings. The Hall–Kier alpha value is -4.48. The fourth-order valence-corrected chi connectivity index (χ4v) is 4.14. The van der Waals surface area contributed by atoms with Crippen LogP contribution in [0.1, 0.15) is 51.7 Å². The number of hydrogen-bond donors (Lipinski definition) is 3. The molecule has 2 amide bonds. The van der Waals surface area contributed by atoms with Gasteiger partial charge in [-0.1, -0.05) is 5.16 Å². The van der Waals surface area contributed by atoms with Gasteiger partial charge in [0.05, 0.1) is 17.2 Å². The zero-order chi connectivity index (χ0) is 24.1. The van der Waals surface area contributed by atoms with Gasteiger partial charge < -0.3 is 25.2 Å². The van der Waals surface area contributed by atoms with Crippen molar-refractivity contribution in [2.24, 2.45) is 12.8 Å². The normalized spacial score (nSPS) is 13.7. The van der Waals surface area contributed by atoms with Crippen LogP contribution in [0.3, 0.4) is 0 Å². The van der Waals surface area contributed by atoms with Crippen LogP contribution in [0.5, 0.6) is 5.75 Å². The molecule has 0 bridgehead atoms. The number of hydrogen-bond acceptors (Lipinski definition) is 8. The summed E-state index contributed by atoms with van der Waals surface area (Å²) in [6, 6.07) is 3.54. The maximum absolute atomic E-state index is 12.8. The average Bonchev–Trinajstić information content (AvgIpc) is 3.40. The molecule has 3 aromatic heterocycles. The van der Waals surface area contributed by atoms with Crippen LogP contribution in [-0.2, 0) is 7.05 Å². The number of aromatic hydroxyl groups is 1. The molecule has 0 aliphatic heterocycles. The third kappa shape index (κ3) is 3.22. The lowest BCUT2D eigenvalue weighted by molar-refractivity contribution is 0.0996. The Kier molecular flexibility index (Phi) is 4.92. The van der Waals surface area contributed by atoms with Gasteiger partial charge in [0.1, 0.15) is 12.0 Å². The summed E-state index contributed by atoms with van der Waals surface area (Å²) in [6.07, 6.45) is 5.32. The van der Waals surface area contributed by atoms with E-state index in [-0.39, 0.29) is 17.6 Å². The van der Waals surface area contributed by atoms with Crippen molar-refractivity contribution >= 4 is 28.5 Å². The first-order valence-electron chi connectivity index (χ1n) is 10.6. The van der Waals surface area contributed by atoms with Gasteiger partial charge in [-0.3, -0.25) is 19.0 Å². The van der Waals surface area contributed by atoms with Gasteiger partial charge in [-0.2, -0.15) is 0 Å². The zero-order valence-electron chi connectivity index (χ0n) is 18.4. The molecular formula is C22H21N7O5. The van der Waals surface area contributed by atoms with E-state index in [0.29, 0.717) is 22.5 Å². The van der Waals surface area contributed by atoms with Crippen LogP contribution in [0.25, 0.3) is 22.7 Å². The maximum Gasteiger partial charge on any atom is 0.296 e. The van der Waals surface area contributed by atoms with E-state index in [9.17, 15) is 19.5 Å². The fourth-order valence-electron chi connectivity index (χ4n) is 4.14. The Labute approximate surface area is 192 Å². The van der Waals surface area contributed by atoms with Crippen molar-refractivity contribution in [3.8, 4) is 17.4 Å². The van der Waals surface area contributed by atoms with Crippen molar-refractivity contribution in [2.45, 2.75) is 32.2 Å². The predicted molar refractivity (Wildman–Crippen MR) is 120 cm³/mol. The van der Waals surface area contributed by atoms with Gasteiger partial charge in [-0.25, -0.2) is 9.97 Å². The quantitative estimate of drug-likeness (QED) is 0.402. The number of imidazole rings is 1. The third-order valence-electron chi connectivity index (χ3n) is 6.19. The smallest absolute Gasteiger partial charge is 0.296 e. The second kappa shape index (κ2) is 7.83. The minimum atomic E-state index is -0.807. The van der Waals surface area contributed by atoms with Gasteiger partial charge >= 0.3 is 0 Å². The number of carbonyl (C=O) groups excluding carboxylic acids is 2. The second-order valence-electron chi connectivity index (χ2n) is 8.22. The topological polar surface area (TPSA) is 171 Å². The first-order valence-corrected chi connectivity index (χ1v) is 10.6. The minimum absolute atomic E-state index is 0.0985. The first-order chi connectivity index (χ1) is 16.3. The highest BCUT2D eigenvalue weighted by Gasteiger charge is 2.30. The second-order valence-corrected chi connectivity index (χ2v) is 8.22. The molecule has 1 aromatic carbocycles. The van der Waals surface area contributed by atoms with E-state index < -0.39 is 28.8 Å². The van der Waals surface area contributed by atoms with Crippen LogP contribution in [0, 0.1) is 6.92 Å². The Bertz CT molecular complexity index is 1510. The number of primary amides is 1. The number of anilines is 1. The Morgan fingerprint density at radius 1 is 1.24 bits per heavy atom. The summed E-state index contributed by atoms with van der Waals surface area (Å²) >= 11 is 0. The van der Waals surface area contributed by atoms with E-state index in [1.807, 2.05) is 4.57 Å². The molecule has 0 saturated heterocycles. The van der Waals surface area contributed by atoms with Gasteiger partial charge in [0.2, 0.25) is 11.7 Å². The molecular weight excluding hydrogens is 442 g/mol. The minimum Gasteiger partial charge on any atom is -0.501 e. The van der Waals surface area contributed by atoms with E-state index in [4.69, 9.17) is 10.7 Å². The number of nitrogens with zero attached hydrogens (tertiary/aromatic N) is 5. The van der Waals surface area contributed by atoms with E-state index in [1.54, 1.807) is 19.1 Å². The molecule has 12 nitrogen and oxygen atoms in total. The van der Waals surface area contributed by atoms with Crippen molar-refractivity contribution in [3.05, 3.63) is 51.8 Å². The summed E-state index contributed by atoms with van der Waals surface area (Å²) in [5, 5.41) is 16.4. The van der Waals surface area contributed by atoms with Crippen LogP contribution in [-0.4, -0.2) is 41.2 Å². The molecule has 0 atom stereocenters. The van der Waals surface area contributed by atoms with Crippen molar-refractivity contribution in [1.82, 2.24) is 24.3 Å². The van der Waals surface area contributed by atoms with Gasteiger partial charge in [0.25, 0.3) is 11.5 Å². The molecule has 1 saturated carbocycles. The summed E-state index contributed by atoms with van der Waals surface area (Å²) in [6.45, 7) is 1.76. The van der Waals surface area contributed by atoms with E-state index in [2.05, 4.69) is 20.0 Å². The molecule has 4 aromatic rings. The van der Waals surface area contributed by atoms with Crippen LogP contribution in [0.4, 0.5) is 5.69 Å². The molecule has 4 N–H and O–H groups in total. The highest BCUT2D eigenvalue weighted by molar-refractivity contribution is 6.04. The number of rotatable bonds is 5. The van der Waals surface area contributed by atoms with Crippen LogP contribution in [0.15, 0.2) is 33.9 Å². The van der Waals surface area contributed by atoms with Crippen LogP contribution < -0.4 is 16.6 Å². The number of fused-ring (bicyclic) bond motifs is 1. The molecule has 1 aliphatic rings. The highest BCUT2D eigenvalue weighted by Crippen LogP contribution is 2.39. The lowest BCUT2D eigenvalue weighted by Gasteiger charge is -2.29. The van der Waals surface area contributed by atoms with Gasteiger partial charge in [0, 0.05) is 18.7 Å². The van der Waals surface area contributed by atoms with Crippen LogP contribution >= 0.6 is 0 Å². The summed E-state index contributed by atoms with van der Waals surface area (Å²) in [7, 11) is 1.44. The molecule has 5 rings (SSSR count). The lowest BCUT2D eigenvalue weighted by atomic mass is 9.92. The molecule has 174 valence electrons. The Balaban J connectivity index is 1.73. The SMILES string of the molecule is Cc1c(C(N)=O)ccc2c1nc(-c1nc(C(=O)Nc3cnoc3)c(O)c(=O)n1C)n2C1CCC1.